The van der Waals surface area contributed by atoms with Crippen molar-refractivity contribution in [3.63, 3.8) is 0 Å². The molecule has 0 radical (unpaired) electrons. The first kappa shape index (κ1) is 13.0. The van der Waals surface area contributed by atoms with Crippen molar-refractivity contribution >= 4 is 23.1 Å². The van der Waals surface area contributed by atoms with Crippen LogP contribution < -0.4 is 6.15 Å². The Morgan fingerprint density at radius 3 is 2.74 bits per heavy atom. The highest BCUT2D eigenvalue weighted by Crippen LogP contribution is 2.19. The maximum atomic E-state index is 12.1. The van der Waals surface area contributed by atoms with Crippen molar-refractivity contribution in [2.24, 2.45) is 4.99 Å². The lowest BCUT2D eigenvalue weighted by Gasteiger charge is -2.13. The van der Waals surface area contributed by atoms with Crippen molar-refractivity contribution in [1.82, 2.24) is 11.2 Å². The highest BCUT2D eigenvalue weighted by atomic mass is 16.7. The van der Waals surface area contributed by atoms with Crippen LogP contribution in [-0.4, -0.2) is 30.5 Å². The molecular weight excluding hydrogens is 242 g/mol. The van der Waals surface area contributed by atoms with Gasteiger partial charge in [0, 0.05) is 0 Å². The second-order valence-electron chi connectivity index (χ2n) is 4.07. The summed E-state index contributed by atoms with van der Waals surface area (Å²) in [4.78, 5) is 21.3. The Balaban J connectivity index is 0.00000133. The largest absolute Gasteiger partial charge is 0.363 e. The van der Waals surface area contributed by atoms with E-state index in [9.17, 15) is 4.79 Å². The zero-order chi connectivity index (χ0) is 12.4. The van der Waals surface area contributed by atoms with Crippen molar-refractivity contribution in [2.45, 2.75) is 0 Å². The molecule has 0 bridgehead atoms. The second kappa shape index (κ2) is 5.49. The topological polar surface area (TPSA) is 76.9 Å². The number of hydroxylamine groups is 2. The van der Waals surface area contributed by atoms with E-state index in [1.54, 1.807) is 12.4 Å². The van der Waals surface area contributed by atoms with Crippen LogP contribution in [0, 0.1) is 0 Å². The molecule has 0 atom stereocenters. The van der Waals surface area contributed by atoms with Gasteiger partial charge in [0.25, 0.3) is 0 Å². The molecule has 0 saturated heterocycles. The summed E-state index contributed by atoms with van der Waals surface area (Å²) in [7, 11) is 0. The van der Waals surface area contributed by atoms with E-state index in [0.29, 0.717) is 18.7 Å². The number of fused-ring (bicyclic) bond motifs is 1. The fourth-order valence-corrected chi connectivity index (χ4v) is 1.99. The van der Waals surface area contributed by atoms with Crippen LogP contribution in [0.2, 0.25) is 0 Å². The lowest BCUT2D eigenvalue weighted by molar-refractivity contribution is -0.0452. The third-order valence-corrected chi connectivity index (χ3v) is 2.87. The van der Waals surface area contributed by atoms with Crippen LogP contribution in [0.4, 0.5) is 0 Å². The van der Waals surface area contributed by atoms with Crippen LogP contribution in [0.25, 0.3) is 10.8 Å². The molecule has 1 aliphatic rings. The minimum absolute atomic E-state index is 0. The summed E-state index contributed by atoms with van der Waals surface area (Å²) in [5.41, 5.74) is 0.577. The van der Waals surface area contributed by atoms with E-state index >= 15 is 0 Å². The van der Waals surface area contributed by atoms with Crippen LogP contribution in [0.1, 0.15) is 10.4 Å². The third-order valence-electron chi connectivity index (χ3n) is 2.87. The highest BCUT2D eigenvalue weighted by Gasteiger charge is 2.16. The first-order valence-electron chi connectivity index (χ1n) is 5.81. The number of nitrogens with zero attached hydrogens (tertiary/aromatic N) is 2. The van der Waals surface area contributed by atoms with E-state index < -0.39 is 0 Å². The third kappa shape index (κ3) is 2.56. The molecule has 0 unspecified atom stereocenters. The molecule has 0 aromatic heterocycles. The zero-order valence-electron chi connectivity index (χ0n) is 10.5. The number of carbonyl (C=O) groups is 1. The standard InChI is InChI=1S/C14H12N2O2.H3N/c17-14(18-16-9-8-15-10-16)13-7-3-5-11-4-1-2-6-12(11)13;/h1-7,10H,8-9H2;1H3. The van der Waals surface area contributed by atoms with Crippen molar-refractivity contribution in [3.05, 3.63) is 48.0 Å². The van der Waals surface area contributed by atoms with Gasteiger partial charge in [-0.05, 0) is 16.8 Å². The van der Waals surface area contributed by atoms with Gasteiger partial charge in [0.05, 0.1) is 18.7 Å². The number of rotatable bonds is 2. The number of carbonyl (C=O) groups excluding carboxylic acids is 1. The zero-order valence-corrected chi connectivity index (χ0v) is 10.5. The molecule has 0 aliphatic carbocycles. The molecule has 5 heteroatoms. The molecule has 0 amide bonds. The SMILES string of the molecule is N.O=C(ON1C=NCC1)c1cccc2ccccc12. The molecule has 2 aromatic rings. The number of hydrogen-bond donors (Lipinski definition) is 1. The Hall–Kier alpha value is -2.40. The first-order valence-corrected chi connectivity index (χ1v) is 5.81. The van der Waals surface area contributed by atoms with Crippen LogP contribution in [0.15, 0.2) is 47.5 Å². The quantitative estimate of drug-likeness (QED) is 0.896. The molecule has 3 rings (SSSR count). The molecule has 0 fully saturated rings. The average molecular weight is 257 g/mol. The summed E-state index contributed by atoms with van der Waals surface area (Å²) < 4.78 is 0. The summed E-state index contributed by atoms with van der Waals surface area (Å²) >= 11 is 0. The molecule has 2 aromatic carbocycles. The van der Waals surface area contributed by atoms with Gasteiger partial charge < -0.3 is 11.0 Å². The van der Waals surface area contributed by atoms with Gasteiger partial charge in [0.1, 0.15) is 6.34 Å². The van der Waals surface area contributed by atoms with Crippen molar-refractivity contribution in [1.29, 1.82) is 0 Å². The fourth-order valence-electron chi connectivity index (χ4n) is 1.99. The van der Waals surface area contributed by atoms with Gasteiger partial charge in [0.15, 0.2) is 0 Å². The average Bonchev–Trinajstić information content (AvgIpc) is 2.91. The van der Waals surface area contributed by atoms with Crippen LogP contribution in [0.3, 0.4) is 0 Å². The summed E-state index contributed by atoms with van der Waals surface area (Å²) in [6.07, 6.45) is 1.54. The number of hydrogen-bond acceptors (Lipinski definition) is 5. The smallest absolute Gasteiger partial charge is 0.344 e. The Bertz CT molecular complexity index is 620. The summed E-state index contributed by atoms with van der Waals surface area (Å²) in [5.74, 6) is -0.347. The highest BCUT2D eigenvalue weighted by molar-refractivity contribution is 6.04. The van der Waals surface area contributed by atoms with Gasteiger partial charge in [-0.1, -0.05) is 36.4 Å². The first-order chi connectivity index (χ1) is 8.84. The molecule has 5 nitrogen and oxygen atoms in total. The van der Waals surface area contributed by atoms with Gasteiger partial charge in [-0.3, -0.25) is 4.99 Å². The molecule has 0 saturated carbocycles. The molecule has 3 N–H and O–H groups in total. The van der Waals surface area contributed by atoms with Crippen LogP contribution >= 0.6 is 0 Å². The van der Waals surface area contributed by atoms with Gasteiger partial charge in [-0.2, -0.15) is 5.06 Å². The van der Waals surface area contributed by atoms with Gasteiger partial charge in [-0.15, -0.1) is 0 Å². The maximum Gasteiger partial charge on any atom is 0.363 e. The Morgan fingerprint density at radius 2 is 1.95 bits per heavy atom. The van der Waals surface area contributed by atoms with E-state index in [0.717, 1.165) is 10.8 Å². The normalized spacial score (nSPS) is 13.4. The van der Waals surface area contributed by atoms with Crippen LogP contribution in [-0.2, 0) is 4.84 Å². The van der Waals surface area contributed by atoms with E-state index in [2.05, 4.69) is 4.99 Å². The number of benzene rings is 2. The van der Waals surface area contributed by atoms with Crippen molar-refractivity contribution in [2.75, 3.05) is 13.1 Å². The van der Waals surface area contributed by atoms with Gasteiger partial charge in [-0.25, -0.2) is 4.79 Å². The van der Waals surface area contributed by atoms with Crippen molar-refractivity contribution in [3.8, 4) is 0 Å². The summed E-state index contributed by atoms with van der Waals surface area (Å²) in [6, 6.07) is 13.4. The van der Waals surface area contributed by atoms with Crippen molar-refractivity contribution < 1.29 is 9.63 Å². The fraction of sp³-hybridized carbons (Fsp3) is 0.143. The molecule has 98 valence electrons. The van der Waals surface area contributed by atoms with Crippen LogP contribution in [0.5, 0.6) is 0 Å². The number of aliphatic imine (C=N–C) groups is 1. The summed E-state index contributed by atoms with van der Waals surface area (Å²) in [5, 5.41) is 3.40. The van der Waals surface area contributed by atoms with Gasteiger partial charge in [0.2, 0.25) is 0 Å². The molecular formula is C14H15N3O2. The van der Waals surface area contributed by atoms with E-state index in [1.165, 1.54) is 5.06 Å². The van der Waals surface area contributed by atoms with E-state index in [-0.39, 0.29) is 12.1 Å². The predicted octanol–water partition coefficient (Wildman–Crippen LogP) is 2.42. The molecule has 19 heavy (non-hydrogen) atoms. The Kier molecular flexibility index (Phi) is 3.77. The minimum Gasteiger partial charge on any atom is -0.344 e. The minimum atomic E-state index is -0.347. The lowest BCUT2D eigenvalue weighted by atomic mass is 10.1. The Morgan fingerprint density at radius 1 is 1.16 bits per heavy atom. The predicted molar refractivity (Wildman–Crippen MR) is 74.5 cm³/mol. The van der Waals surface area contributed by atoms with Gasteiger partial charge >= 0.3 is 5.97 Å². The Labute approximate surface area is 111 Å². The van der Waals surface area contributed by atoms with E-state index in [1.807, 2.05) is 36.4 Å². The molecule has 0 spiro atoms. The molecule has 1 heterocycles. The summed E-state index contributed by atoms with van der Waals surface area (Å²) in [6.45, 7) is 1.29. The van der Waals surface area contributed by atoms with E-state index in [4.69, 9.17) is 4.84 Å². The monoisotopic (exact) mass is 257 g/mol. The lowest BCUT2D eigenvalue weighted by Crippen LogP contribution is -2.24. The maximum absolute atomic E-state index is 12.1. The second-order valence-corrected chi connectivity index (χ2v) is 4.07. The molecule has 1 aliphatic heterocycles.